The summed E-state index contributed by atoms with van der Waals surface area (Å²) in [7, 11) is 0. The third-order valence-corrected chi connectivity index (χ3v) is 3.34. The Labute approximate surface area is 112 Å². The average molecular weight is 284 g/mol. The van der Waals surface area contributed by atoms with Crippen LogP contribution in [0.1, 0.15) is 5.69 Å². The molecule has 0 aliphatic rings. The van der Waals surface area contributed by atoms with Crippen molar-refractivity contribution in [2.75, 3.05) is 5.75 Å². The van der Waals surface area contributed by atoms with Gasteiger partial charge in [0.05, 0.1) is 11.4 Å². The van der Waals surface area contributed by atoms with Crippen LogP contribution in [0.2, 0.25) is 0 Å². The quantitative estimate of drug-likeness (QED) is 0.877. The van der Waals surface area contributed by atoms with Crippen LogP contribution in [-0.4, -0.2) is 26.4 Å². The second-order valence-corrected chi connectivity index (χ2v) is 4.72. The molecular weight excluding hydrogens is 274 g/mol. The van der Waals surface area contributed by atoms with Crippen molar-refractivity contribution in [2.24, 2.45) is 0 Å². The lowest BCUT2D eigenvalue weighted by atomic mass is 10.3. The summed E-state index contributed by atoms with van der Waals surface area (Å²) in [5.74, 6) is -3.15. The van der Waals surface area contributed by atoms with Crippen molar-refractivity contribution < 1.29 is 18.7 Å². The topological polar surface area (TPSA) is 55.1 Å². The van der Waals surface area contributed by atoms with Gasteiger partial charge < -0.3 is 5.11 Å². The summed E-state index contributed by atoms with van der Waals surface area (Å²) in [5, 5.41) is 8.96. The molecule has 1 N–H and O–H groups in total. The SMILES string of the molecule is Cc1cnc(SCC(=O)O)n1-c1cccc(F)c1F. The van der Waals surface area contributed by atoms with E-state index in [0.29, 0.717) is 10.9 Å². The molecule has 1 aromatic carbocycles. The van der Waals surface area contributed by atoms with Gasteiger partial charge in [-0.1, -0.05) is 17.8 Å². The predicted molar refractivity (Wildman–Crippen MR) is 66.6 cm³/mol. The van der Waals surface area contributed by atoms with Crippen LogP contribution in [0.15, 0.2) is 29.6 Å². The number of aromatic nitrogens is 2. The highest BCUT2D eigenvalue weighted by Gasteiger charge is 2.16. The molecular formula is C12H10F2N2O2S. The Kier molecular flexibility index (Phi) is 3.84. The Morgan fingerprint density at radius 3 is 2.89 bits per heavy atom. The van der Waals surface area contributed by atoms with E-state index in [4.69, 9.17) is 5.11 Å². The van der Waals surface area contributed by atoms with Crippen molar-refractivity contribution in [3.05, 3.63) is 41.7 Å². The van der Waals surface area contributed by atoms with Gasteiger partial charge in [0, 0.05) is 11.9 Å². The third kappa shape index (κ3) is 2.76. The van der Waals surface area contributed by atoms with Crippen LogP contribution in [-0.2, 0) is 4.79 Å². The van der Waals surface area contributed by atoms with Crippen LogP contribution >= 0.6 is 11.8 Å². The largest absolute Gasteiger partial charge is 0.481 e. The van der Waals surface area contributed by atoms with Crippen LogP contribution in [0.25, 0.3) is 5.69 Å². The number of hydrogen-bond donors (Lipinski definition) is 1. The lowest BCUT2D eigenvalue weighted by Crippen LogP contribution is -2.05. The number of hydrogen-bond acceptors (Lipinski definition) is 3. The summed E-state index contributed by atoms with van der Waals surface area (Å²) >= 11 is 0.949. The summed E-state index contributed by atoms with van der Waals surface area (Å²) in [6, 6.07) is 3.83. The van der Waals surface area contributed by atoms with Gasteiger partial charge in [0.1, 0.15) is 0 Å². The molecule has 0 fully saturated rings. The Hall–Kier alpha value is -1.89. The van der Waals surface area contributed by atoms with Gasteiger partial charge in [0.15, 0.2) is 16.8 Å². The molecule has 2 aromatic rings. The Balaban J connectivity index is 2.46. The first kappa shape index (κ1) is 13.5. The number of rotatable bonds is 4. The molecule has 19 heavy (non-hydrogen) atoms. The van der Waals surface area contributed by atoms with Gasteiger partial charge in [-0.15, -0.1) is 0 Å². The van der Waals surface area contributed by atoms with E-state index in [2.05, 4.69) is 4.98 Å². The molecule has 1 aromatic heterocycles. The molecule has 0 spiro atoms. The summed E-state index contributed by atoms with van der Waals surface area (Å²) < 4.78 is 28.4. The zero-order valence-electron chi connectivity index (χ0n) is 9.93. The minimum atomic E-state index is -1.00. The van der Waals surface area contributed by atoms with Gasteiger partial charge in [-0.3, -0.25) is 9.36 Å². The maximum atomic E-state index is 13.8. The zero-order chi connectivity index (χ0) is 14.0. The number of benzene rings is 1. The molecule has 7 heteroatoms. The molecule has 0 unspecified atom stereocenters. The first-order valence-corrected chi connectivity index (χ1v) is 6.32. The van der Waals surface area contributed by atoms with Crippen LogP contribution in [0, 0.1) is 18.6 Å². The van der Waals surface area contributed by atoms with Crippen molar-refractivity contribution in [1.29, 1.82) is 0 Å². The van der Waals surface area contributed by atoms with Crippen molar-refractivity contribution in [2.45, 2.75) is 12.1 Å². The molecule has 100 valence electrons. The van der Waals surface area contributed by atoms with Crippen molar-refractivity contribution in [1.82, 2.24) is 9.55 Å². The van der Waals surface area contributed by atoms with Crippen molar-refractivity contribution in [3.63, 3.8) is 0 Å². The second kappa shape index (κ2) is 5.40. The number of aryl methyl sites for hydroxylation is 1. The molecule has 0 aliphatic carbocycles. The number of imidazole rings is 1. The van der Waals surface area contributed by atoms with Crippen LogP contribution in [0.3, 0.4) is 0 Å². The summed E-state index contributed by atoms with van der Waals surface area (Å²) in [5.41, 5.74) is 0.611. The highest BCUT2D eigenvalue weighted by Crippen LogP contribution is 2.25. The van der Waals surface area contributed by atoms with Crippen molar-refractivity contribution >= 4 is 17.7 Å². The van der Waals surface area contributed by atoms with Crippen LogP contribution in [0.4, 0.5) is 8.78 Å². The van der Waals surface area contributed by atoms with E-state index in [1.807, 2.05) is 0 Å². The number of thioether (sulfide) groups is 1. The first-order valence-electron chi connectivity index (χ1n) is 5.34. The van der Waals surface area contributed by atoms with Gasteiger partial charge in [-0.25, -0.2) is 13.8 Å². The maximum Gasteiger partial charge on any atom is 0.313 e. The van der Waals surface area contributed by atoms with E-state index in [-0.39, 0.29) is 11.4 Å². The normalized spacial score (nSPS) is 10.7. The zero-order valence-corrected chi connectivity index (χ0v) is 10.7. The number of carboxylic acid groups (broad SMARTS) is 1. The minimum absolute atomic E-state index is 0.0166. The van der Waals surface area contributed by atoms with E-state index in [1.165, 1.54) is 22.9 Å². The molecule has 0 radical (unpaired) electrons. The molecule has 4 nitrogen and oxygen atoms in total. The maximum absolute atomic E-state index is 13.8. The molecule has 0 bridgehead atoms. The number of halogens is 2. The fraction of sp³-hybridized carbons (Fsp3) is 0.167. The fourth-order valence-corrected chi connectivity index (χ4v) is 2.35. The van der Waals surface area contributed by atoms with E-state index in [0.717, 1.165) is 17.8 Å². The molecule has 0 saturated heterocycles. The molecule has 0 atom stereocenters. The Morgan fingerprint density at radius 1 is 1.47 bits per heavy atom. The van der Waals surface area contributed by atoms with Gasteiger partial charge >= 0.3 is 5.97 Å². The van der Waals surface area contributed by atoms with E-state index in [1.54, 1.807) is 6.92 Å². The standard InChI is InChI=1S/C12H10F2N2O2S/c1-7-5-15-12(19-6-10(17)18)16(7)9-4-2-3-8(13)11(9)14/h2-5H,6H2,1H3,(H,17,18). The third-order valence-electron chi connectivity index (χ3n) is 2.40. The van der Waals surface area contributed by atoms with Crippen LogP contribution in [0.5, 0.6) is 0 Å². The molecule has 0 amide bonds. The summed E-state index contributed by atoms with van der Waals surface area (Å²) in [6.45, 7) is 1.68. The van der Waals surface area contributed by atoms with Gasteiger partial charge in [0.25, 0.3) is 0 Å². The monoisotopic (exact) mass is 284 g/mol. The fourth-order valence-electron chi connectivity index (χ4n) is 1.60. The highest BCUT2D eigenvalue weighted by atomic mass is 32.2. The van der Waals surface area contributed by atoms with Gasteiger partial charge in [0.2, 0.25) is 0 Å². The Morgan fingerprint density at radius 2 is 2.21 bits per heavy atom. The second-order valence-electron chi connectivity index (χ2n) is 3.77. The lowest BCUT2D eigenvalue weighted by Gasteiger charge is -2.10. The van der Waals surface area contributed by atoms with E-state index in [9.17, 15) is 13.6 Å². The van der Waals surface area contributed by atoms with Gasteiger partial charge in [-0.05, 0) is 19.1 Å². The number of aliphatic carboxylic acids is 1. The smallest absolute Gasteiger partial charge is 0.313 e. The Bertz CT molecular complexity index is 628. The number of carboxylic acids is 1. The molecule has 2 rings (SSSR count). The first-order chi connectivity index (χ1) is 9.00. The van der Waals surface area contributed by atoms with Gasteiger partial charge in [-0.2, -0.15) is 0 Å². The van der Waals surface area contributed by atoms with E-state index < -0.39 is 17.6 Å². The molecule has 0 aliphatic heterocycles. The summed E-state index contributed by atoms with van der Waals surface area (Å²) in [4.78, 5) is 14.6. The lowest BCUT2D eigenvalue weighted by molar-refractivity contribution is -0.133. The predicted octanol–water partition coefficient (Wildman–Crippen LogP) is 2.64. The molecule has 1 heterocycles. The van der Waals surface area contributed by atoms with Crippen molar-refractivity contribution in [3.8, 4) is 5.69 Å². The summed E-state index contributed by atoms with van der Waals surface area (Å²) in [6.07, 6.45) is 1.48. The molecule has 0 saturated carbocycles. The number of nitrogens with zero attached hydrogens (tertiary/aromatic N) is 2. The number of carbonyl (C=O) groups is 1. The average Bonchev–Trinajstić information content (AvgIpc) is 2.72. The van der Waals surface area contributed by atoms with Crippen LogP contribution < -0.4 is 0 Å². The highest BCUT2D eigenvalue weighted by molar-refractivity contribution is 7.99. The van der Waals surface area contributed by atoms with E-state index >= 15 is 0 Å². The minimum Gasteiger partial charge on any atom is -0.481 e.